The average Bonchev–Trinajstić information content (AvgIpc) is 3.72. The number of benzene rings is 6. The molecule has 0 atom stereocenters. The topological polar surface area (TPSA) is 43.6 Å². The highest BCUT2D eigenvalue weighted by Gasteiger charge is 2.24. The molecule has 6 aromatic carbocycles. The molecular formula is C43H28N4S. The van der Waals surface area contributed by atoms with Gasteiger partial charge in [-0.15, -0.1) is 11.3 Å². The highest BCUT2D eigenvalue weighted by atomic mass is 32.1. The van der Waals surface area contributed by atoms with Crippen molar-refractivity contribution in [2.75, 3.05) is 0 Å². The molecule has 9 aromatic rings. The maximum absolute atomic E-state index is 5.25. The Labute approximate surface area is 281 Å². The normalized spacial score (nSPS) is 13.3. The predicted molar refractivity (Wildman–Crippen MR) is 202 cm³/mol. The van der Waals surface area contributed by atoms with Crippen LogP contribution < -0.4 is 0 Å². The van der Waals surface area contributed by atoms with E-state index in [1.807, 2.05) is 29.5 Å². The molecule has 10 rings (SSSR count). The summed E-state index contributed by atoms with van der Waals surface area (Å²) in [6.07, 6.45) is 8.59. The van der Waals surface area contributed by atoms with Crippen LogP contribution in [-0.4, -0.2) is 19.5 Å². The van der Waals surface area contributed by atoms with Crippen LogP contribution in [0.5, 0.6) is 0 Å². The van der Waals surface area contributed by atoms with Crippen molar-refractivity contribution >= 4 is 69.7 Å². The summed E-state index contributed by atoms with van der Waals surface area (Å²) in [5.74, 6) is 1.99. The van der Waals surface area contributed by atoms with Crippen molar-refractivity contribution in [3.05, 3.63) is 151 Å². The van der Waals surface area contributed by atoms with Crippen LogP contribution in [0.1, 0.15) is 18.7 Å². The number of hydrogen-bond donors (Lipinski definition) is 0. The Balaban J connectivity index is 1.37. The Hall–Kier alpha value is -5.91. The van der Waals surface area contributed by atoms with Gasteiger partial charge in [-0.25, -0.2) is 4.98 Å². The second kappa shape index (κ2) is 10.8. The Kier molecular flexibility index (Phi) is 6.14. The molecule has 1 aliphatic rings. The van der Waals surface area contributed by atoms with Crippen molar-refractivity contribution in [3.8, 4) is 28.5 Å². The van der Waals surface area contributed by atoms with Crippen molar-refractivity contribution < 1.29 is 0 Å². The van der Waals surface area contributed by atoms with Crippen LogP contribution in [0, 0.1) is 0 Å². The number of allylic oxidation sites excluding steroid dienone is 4. The average molecular weight is 633 g/mol. The van der Waals surface area contributed by atoms with Crippen LogP contribution in [-0.2, 0) is 0 Å². The number of aromatic nitrogens is 4. The van der Waals surface area contributed by atoms with Gasteiger partial charge in [-0.05, 0) is 52.9 Å². The molecule has 0 saturated carbocycles. The monoisotopic (exact) mass is 632 g/mol. The molecule has 3 heterocycles. The molecule has 4 nitrogen and oxygen atoms in total. The summed E-state index contributed by atoms with van der Waals surface area (Å²) in [7, 11) is 0. The van der Waals surface area contributed by atoms with Crippen molar-refractivity contribution in [2.24, 2.45) is 0 Å². The van der Waals surface area contributed by atoms with Gasteiger partial charge in [0, 0.05) is 37.4 Å². The fourth-order valence-electron chi connectivity index (χ4n) is 7.29. The molecule has 0 saturated heterocycles. The number of para-hydroxylation sites is 1. The molecule has 5 heteroatoms. The third-order valence-corrected chi connectivity index (χ3v) is 10.6. The van der Waals surface area contributed by atoms with E-state index in [0.29, 0.717) is 17.6 Å². The molecule has 0 aliphatic heterocycles. The summed E-state index contributed by atoms with van der Waals surface area (Å²) in [4.78, 5) is 15.5. The summed E-state index contributed by atoms with van der Waals surface area (Å²) < 4.78 is 4.79. The van der Waals surface area contributed by atoms with E-state index in [9.17, 15) is 0 Å². The molecule has 0 amide bonds. The Morgan fingerprint density at radius 2 is 1.23 bits per heavy atom. The van der Waals surface area contributed by atoms with Gasteiger partial charge in [-0.1, -0.05) is 127 Å². The SMILES string of the molecule is C1=CC(c2nc(-c3ccccc3)nc(-n3c4ccccc4c4c5ccccc5c5c6cc(-c7ccccc7)ccc6sc5c43)n2)=CCC1. The fraction of sp³-hybridized carbons (Fsp3) is 0.0465. The second-order valence-corrected chi connectivity index (χ2v) is 13.3. The summed E-state index contributed by atoms with van der Waals surface area (Å²) in [5, 5.41) is 7.45. The zero-order valence-electron chi connectivity index (χ0n) is 26.0. The highest BCUT2D eigenvalue weighted by Crippen LogP contribution is 2.48. The van der Waals surface area contributed by atoms with Gasteiger partial charge in [0.1, 0.15) is 0 Å². The Bertz CT molecular complexity index is 2770. The summed E-state index contributed by atoms with van der Waals surface area (Å²) in [5.41, 5.74) is 6.66. The van der Waals surface area contributed by atoms with Gasteiger partial charge in [0.05, 0.1) is 15.7 Å². The number of rotatable bonds is 4. The summed E-state index contributed by atoms with van der Waals surface area (Å²) >= 11 is 1.85. The van der Waals surface area contributed by atoms with Crippen LogP contribution in [0.4, 0.5) is 0 Å². The maximum Gasteiger partial charge on any atom is 0.238 e. The van der Waals surface area contributed by atoms with Crippen LogP contribution in [0.2, 0.25) is 0 Å². The van der Waals surface area contributed by atoms with Crippen LogP contribution in [0.25, 0.3) is 86.8 Å². The Morgan fingerprint density at radius 3 is 2.00 bits per heavy atom. The predicted octanol–water partition coefficient (Wildman–Crippen LogP) is 11.6. The minimum Gasteiger partial charge on any atom is -0.276 e. The van der Waals surface area contributed by atoms with Crippen molar-refractivity contribution in [1.82, 2.24) is 19.5 Å². The van der Waals surface area contributed by atoms with Gasteiger partial charge in [-0.2, -0.15) is 9.97 Å². The lowest BCUT2D eigenvalue weighted by Crippen LogP contribution is -2.08. The van der Waals surface area contributed by atoms with Crippen molar-refractivity contribution in [3.63, 3.8) is 0 Å². The van der Waals surface area contributed by atoms with Crippen molar-refractivity contribution in [2.45, 2.75) is 12.8 Å². The third kappa shape index (κ3) is 4.18. The van der Waals surface area contributed by atoms with Gasteiger partial charge in [0.2, 0.25) is 5.95 Å². The maximum atomic E-state index is 5.25. The van der Waals surface area contributed by atoms with Gasteiger partial charge in [0.25, 0.3) is 0 Å². The zero-order chi connectivity index (χ0) is 31.6. The first-order valence-corrected chi connectivity index (χ1v) is 17.2. The lowest BCUT2D eigenvalue weighted by atomic mass is 9.97. The molecule has 0 radical (unpaired) electrons. The van der Waals surface area contributed by atoms with E-state index in [2.05, 4.69) is 132 Å². The summed E-state index contributed by atoms with van der Waals surface area (Å²) in [6, 6.07) is 45.3. The minimum absolute atomic E-state index is 0.629. The van der Waals surface area contributed by atoms with Gasteiger partial charge >= 0.3 is 0 Å². The standard InChI is InChI=1S/C43H28N4S/c1-4-14-27(15-5-1)30-24-25-36-34(26-30)38-32-21-11-10-20-31(32)37-33-22-12-13-23-35(33)47(39(37)40(38)48-36)43-45-41(28-16-6-2-7-17-28)44-42(46-43)29-18-8-3-9-19-29/h1-2,4-8,10-26H,3,9H2. The fourth-order valence-corrected chi connectivity index (χ4v) is 8.52. The largest absolute Gasteiger partial charge is 0.276 e. The molecule has 226 valence electrons. The number of fused-ring (bicyclic) bond motifs is 10. The van der Waals surface area contributed by atoms with Crippen LogP contribution in [0.15, 0.2) is 146 Å². The molecule has 0 fully saturated rings. The van der Waals surface area contributed by atoms with E-state index < -0.39 is 0 Å². The van der Waals surface area contributed by atoms with Crippen LogP contribution in [0.3, 0.4) is 0 Å². The van der Waals surface area contributed by atoms with E-state index in [0.717, 1.165) is 35.0 Å². The molecule has 1 aliphatic carbocycles. The molecule has 0 unspecified atom stereocenters. The first-order chi connectivity index (χ1) is 23.8. The van der Waals surface area contributed by atoms with E-state index in [1.54, 1.807) is 0 Å². The second-order valence-electron chi connectivity index (χ2n) is 12.3. The zero-order valence-corrected chi connectivity index (χ0v) is 26.8. The van der Waals surface area contributed by atoms with Gasteiger partial charge in [0.15, 0.2) is 11.6 Å². The Morgan fingerprint density at radius 1 is 0.542 bits per heavy atom. The quantitative estimate of drug-likeness (QED) is 0.194. The first kappa shape index (κ1) is 27.2. The molecule has 3 aromatic heterocycles. The molecular weight excluding hydrogens is 605 g/mol. The minimum atomic E-state index is 0.629. The smallest absolute Gasteiger partial charge is 0.238 e. The van der Waals surface area contributed by atoms with E-state index in [4.69, 9.17) is 15.0 Å². The highest BCUT2D eigenvalue weighted by molar-refractivity contribution is 7.27. The lowest BCUT2D eigenvalue weighted by molar-refractivity contribution is 0.929. The first-order valence-electron chi connectivity index (χ1n) is 16.4. The molecule has 48 heavy (non-hydrogen) atoms. The number of nitrogens with zero attached hydrogens (tertiary/aromatic N) is 4. The summed E-state index contributed by atoms with van der Waals surface area (Å²) in [6.45, 7) is 0. The molecule has 0 N–H and O–H groups in total. The van der Waals surface area contributed by atoms with Crippen LogP contribution >= 0.6 is 11.3 Å². The molecule has 0 spiro atoms. The van der Waals surface area contributed by atoms with Gasteiger partial charge in [-0.3, -0.25) is 4.57 Å². The lowest BCUT2D eigenvalue weighted by Gasteiger charge is -2.13. The number of thiophene rings is 1. The van der Waals surface area contributed by atoms with E-state index >= 15 is 0 Å². The number of hydrogen-bond acceptors (Lipinski definition) is 4. The van der Waals surface area contributed by atoms with E-state index in [1.165, 1.54) is 52.8 Å². The third-order valence-electron chi connectivity index (χ3n) is 9.46. The van der Waals surface area contributed by atoms with Crippen molar-refractivity contribution in [1.29, 1.82) is 0 Å². The van der Waals surface area contributed by atoms with E-state index in [-0.39, 0.29) is 0 Å². The molecule has 0 bridgehead atoms. The van der Waals surface area contributed by atoms with Gasteiger partial charge < -0.3 is 0 Å².